The molecule has 0 aliphatic rings. The largest absolute Gasteiger partial charge is 0.308 e. The second kappa shape index (κ2) is 9.17. The zero-order chi connectivity index (χ0) is 20.5. The Morgan fingerprint density at radius 1 is 1.14 bits per heavy atom. The van der Waals surface area contributed by atoms with E-state index < -0.39 is 15.7 Å². The van der Waals surface area contributed by atoms with Gasteiger partial charge in [-0.25, -0.2) is 17.8 Å². The van der Waals surface area contributed by atoms with Crippen molar-refractivity contribution in [1.29, 1.82) is 0 Å². The van der Waals surface area contributed by atoms with E-state index in [4.69, 9.17) is 0 Å². The van der Waals surface area contributed by atoms with Gasteiger partial charge in [0.2, 0.25) is 0 Å². The molecule has 0 atom stereocenters. The molecule has 0 saturated carbocycles. The molecule has 1 heterocycles. The smallest absolute Gasteiger partial charge is 0.260 e. The minimum Gasteiger partial charge on any atom is -0.308 e. The molecule has 10 heteroatoms. The molecule has 6 nitrogen and oxygen atoms in total. The SMILES string of the molecule is CN(C)CCN(C(=O)c1cccc(F)c1)c1nc2ccc(S(C)(=O)=O)cc2s1.Cl. The number of amides is 1. The maximum atomic E-state index is 13.6. The van der Waals surface area contributed by atoms with Crippen LogP contribution in [0.2, 0.25) is 0 Å². The average molecular weight is 458 g/mol. The van der Waals surface area contributed by atoms with Gasteiger partial charge in [0, 0.05) is 24.9 Å². The van der Waals surface area contributed by atoms with Crippen molar-refractivity contribution < 1.29 is 17.6 Å². The van der Waals surface area contributed by atoms with Gasteiger partial charge in [0.25, 0.3) is 5.91 Å². The number of hydrogen-bond acceptors (Lipinski definition) is 6. The molecule has 156 valence electrons. The highest BCUT2D eigenvalue weighted by molar-refractivity contribution is 7.90. The summed E-state index contributed by atoms with van der Waals surface area (Å²) in [7, 11) is 0.440. The highest BCUT2D eigenvalue weighted by Gasteiger charge is 2.22. The first-order valence-corrected chi connectivity index (χ1v) is 11.2. The van der Waals surface area contributed by atoms with Crippen LogP contribution in [0.3, 0.4) is 0 Å². The van der Waals surface area contributed by atoms with Gasteiger partial charge in [-0.2, -0.15) is 0 Å². The van der Waals surface area contributed by atoms with Gasteiger partial charge in [-0.1, -0.05) is 17.4 Å². The number of aromatic nitrogens is 1. The lowest BCUT2D eigenvalue weighted by atomic mass is 10.2. The zero-order valence-corrected chi connectivity index (χ0v) is 18.6. The van der Waals surface area contributed by atoms with Gasteiger partial charge in [0.1, 0.15) is 5.82 Å². The van der Waals surface area contributed by atoms with Crippen LogP contribution in [0.25, 0.3) is 10.2 Å². The summed E-state index contributed by atoms with van der Waals surface area (Å²) < 4.78 is 37.8. The molecule has 29 heavy (non-hydrogen) atoms. The number of fused-ring (bicyclic) bond motifs is 1. The molecule has 0 saturated heterocycles. The van der Waals surface area contributed by atoms with Crippen LogP contribution in [-0.4, -0.2) is 57.6 Å². The summed E-state index contributed by atoms with van der Waals surface area (Å²) in [6.45, 7) is 0.951. The van der Waals surface area contributed by atoms with E-state index in [-0.39, 0.29) is 28.8 Å². The minimum absolute atomic E-state index is 0. The minimum atomic E-state index is -3.34. The molecule has 0 fully saturated rings. The first-order chi connectivity index (χ1) is 13.1. The predicted molar refractivity (Wildman–Crippen MR) is 117 cm³/mol. The molecule has 2 aromatic carbocycles. The Labute approximate surface area is 179 Å². The normalized spacial score (nSPS) is 11.5. The molecule has 0 spiro atoms. The Kier molecular flexibility index (Phi) is 7.34. The number of benzene rings is 2. The maximum Gasteiger partial charge on any atom is 0.260 e. The lowest BCUT2D eigenvalue weighted by Crippen LogP contribution is -2.36. The van der Waals surface area contributed by atoms with Crippen molar-refractivity contribution in [3.63, 3.8) is 0 Å². The summed E-state index contributed by atoms with van der Waals surface area (Å²) in [4.78, 5) is 21.2. The first kappa shape index (κ1) is 23.2. The number of nitrogens with zero attached hydrogens (tertiary/aromatic N) is 3. The number of anilines is 1. The summed E-state index contributed by atoms with van der Waals surface area (Å²) in [5, 5.41) is 0.441. The van der Waals surface area contributed by atoms with Crippen molar-refractivity contribution in [2.45, 2.75) is 4.90 Å². The number of carbonyl (C=O) groups is 1. The second-order valence-corrected chi connectivity index (χ2v) is 9.69. The molecule has 1 amide bonds. The molecule has 0 radical (unpaired) electrons. The zero-order valence-electron chi connectivity index (χ0n) is 16.1. The van der Waals surface area contributed by atoms with Crippen LogP contribution >= 0.6 is 23.7 Å². The molecule has 0 aliphatic heterocycles. The highest BCUT2D eigenvalue weighted by atomic mass is 35.5. The van der Waals surface area contributed by atoms with Crippen molar-refractivity contribution in [1.82, 2.24) is 9.88 Å². The topological polar surface area (TPSA) is 70.6 Å². The van der Waals surface area contributed by atoms with E-state index in [1.165, 1.54) is 40.5 Å². The van der Waals surface area contributed by atoms with Gasteiger partial charge in [-0.05, 0) is 50.5 Å². The Morgan fingerprint density at radius 2 is 1.86 bits per heavy atom. The number of sulfone groups is 1. The Morgan fingerprint density at radius 3 is 2.48 bits per heavy atom. The van der Waals surface area contributed by atoms with Gasteiger partial charge in [0.15, 0.2) is 15.0 Å². The lowest BCUT2D eigenvalue weighted by molar-refractivity contribution is 0.0984. The summed E-state index contributed by atoms with van der Waals surface area (Å²) in [5.74, 6) is -0.843. The van der Waals surface area contributed by atoms with Crippen LogP contribution in [0.5, 0.6) is 0 Å². The summed E-state index contributed by atoms with van der Waals surface area (Å²) in [6, 6.07) is 10.2. The van der Waals surface area contributed by atoms with Crippen molar-refractivity contribution in [3.8, 4) is 0 Å². The van der Waals surface area contributed by atoms with E-state index in [0.29, 0.717) is 28.4 Å². The van der Waals surface area contributed by atoms with Crippen LogP contribution in [0.4, 0.5) is 9.52 Å². The molecule has 3 rings (SSSR count). The molecule has 3 aromatic rings. The number of halogens is 2. The Hall–Kier alpha value is -2.07. The van der Waals surface area contributed by atoms with Crippen molar-refractivity contribution in [3.05, 3.63) is 53.8 Å². The van der Waals surface area contributed by atoms with Gasteiger partial charge in [-0.3, -0.25) is 9.69 Å². The quantitative estimate of drug-likeness (QED) is 0.566. The number of likely N-dealkylation sites (N-methyl/N-ethyl adjacent to an activating group) is 1. The van der Waals surface area contributed by atoms with Crippen molar-refractivity contribution >= 4 is 54.8 Å². The van der Waals surface area contributed by atoms with E-state index >= 15 is 0 Å². The third-order valence-corrected chi connectivity index (χ3v) is 6.25. The fourth-order valence-electron chi connectivity index (χ4n) is 2.60. The standard InChI is InChI=1S/C19H20FN3O3S2.ClH/c1-22(2)9-10-23(18(24)13-5-4-6-14(20)11-13)19-21-16-8-7-15(28(3,25)26)12-17(16)27-19;/h4-8,11-12H,9-10H2,1-3H3;1H. The third kappa shape index (κ3) is 5.51. The lowest BCUT2D eigenvalue weighted by Gasteiger charge is -2.22. The Bertz CT molecular complexity index is 1130. The second-order valence-electron chi connectivity index (χ2n) is 6.67. The Balaban J connectivity index is 0.00000300. The molecule has 0 aliphatic carbocycles. The molecule has 0 N–H and O–H groups in total. The van der Waals surface area contributed by atoms with E-state index in [2.05, 4.69) is 4.98 Å². The summed E-state index contributed by atoms with van der Waals surface area (Å²) in [5.41, 5.74) is 0.837. The molecular formula is C19H21ClFN3O3S2. The van der Waals surface area contributed by atoms with Crippen LogP contribution < -0.4 is 4.90 Å². The van der Waals surface area contributed by atoms with Crippen molar-refractivity contribution in [2.24, 2.45) is 0 Å². The van der Waals surface area contributed by atoms with Gasteiger partial charge in [-0.15, -0.1) is 12.4 Å². The van der Waals surface area contributed by atoms with Crippen LogP contribution in [0.1, 0.15) is 10.4 Å². The fourth-order valence-corrected chi connectivity index (χ4v) is 4.35. The summed E-state index contributed by atoms with van der Waals surface area (Å²) >= 11 is 1.23. The summed E-state index contributed by atoms with van der Waals surface area (Å²) in [6.07, 6.45) is 1.15. The third-order valence-electron chi connectivity index (χ3n) is 4.10. The molecule has 1 aromatic heterocycles. The van der Waals surface area contributed by atoms with Gasteiger partial charge in [0.05, 0.1) is 15.1 Å². The fraction of sp³-hybridized carbons (Fsp3) is 0.263. The van der Waals surface area contributed by atoms with Gasteiger partial charge >= 0.3 is 0 Å². The van der Waals surface area contributed by atoms with E-state index in [1.807, 2.05) is 19.0 Å². The molecule has 0 bridgehead atoms. The monoisotopic (exact) mass is 457 g/mol. The van der Waals surface area contributed by atoms with E-state index in [9.17, 15) is 17.6 Å². The number of thiazole rings is 1. The maximum absolute atomic E-state index is 13.6. The molecule has 0 unspecified atom stereocenters. The number of carbonyl (C=O) groups excluding carboxylic acids is 1. The first-order valence-electron chi connectivity index (χ1n) is 8.48. The van der Waals surface area contributed by atoms with Crippen LogP contribution in [0, 0.1) is 5.82 Å². The van der Waals surface area contributed by atoms with Crippen LogP contribution in [-0.2, 0) is 9.84 Å². The number of rotatable bonds is 6. The van der Waals surface area contributed by atoms with E-state index in [0.717, 1.165) is 6.26 Å². The van der Waals surface area contributed by atoms with Crippen molar-refractivity contribution in [2.75, 3.05) is 38.3 Å². The molecular weight excluding hydrogens is 437 g/mol. The number of hydrogen-bond donors (Lipinski definition) is 0. The van der Waals surface area contributed by atoms with Gasteiger partial charge < -0.3 is 4.90 Å². The van der Waals surface area contributed by atoms with Crippen LogP contribution in [0.15, 0.2) is 47.4 Å². The van der Waals surface area contributed by atoms with E-state index in [1.54, 1.807) is 18.2 Å². The highest BCUT2D eigenvalue weighted by Crippen LogP contribution is 2.31. The predicted octanol–water partition coefficient (Wildman–Crippen LogP) is 3.47. The average Bonchev–Trinajstić information content (AvgIpc) is 3.03.